The molecule has 0 radical (unpaired) electrons. The Morgan fingerprint density at radius 2 is 1.68 bits per heavy atom. The van der Waals surface area contributed by atoms with E-state index in [1.165, 1.54) is 57.4 Å². The van der Waals surface area contributed by atoms with Gasteiger partial charge in [-0.15, -0.1) is 0 Å². The Morgan fingerprint density at radius 3 is 2.25 bits per heavy atom. The fourth-order valence-corrected chi connectivity index (χ4v) is 3.32. The minimum absolute atomic E-state index is 0.0374. The molecule has 0 spiro atoms. The Labute approximate surface area is 173 Å². The average molecular weight is 445 g/mol. The first kappa shape index (κ1) is 22.2. The third kappa shape index (κ3) is 5.23. The molecule has 2 aromatic rings. The van der Waals surface area contributed by atoms with Gasteiger partial charge in [0.05, 0.1) is 21.2 Å². The van der Waals surface area contributed by atoms with Crippen LogP contribution in [0.25, 0.3) is 0 Å². The molecule has 2 rings (SSSR count). The number of carbonyl (C=O) groups is 2. The van der Waals surface area contributed by atoms with E-state index in [4.69, 9.17) is 27.9 Å². The lowest BCUT2D eigenvalue weighted by atomic mass is 10.2. The first-order valence-corrected chi connectivity index (χ1v) is 10.2. The van der Waals surface area contributed by atoms with E-state index < -0.39 is 28.0 Å². The topological polar surface area (TPSA) is 92.8 Å². The summed E-state index contributed by atoms with van der Waals surface area (Å²) in [5, 5.41) is 3.20. The van der Waals surface area contributed by atoms with Crippen LogP contribution in [0.3, 0.4) is 0 Å². The van der Waals surface area contributed by atoms with Crippen LogP contribution in [0.1, 0.15) is 17.3 Å². The number of hydrogen-bond acceptors (Lipinski definition) is 5. The summed E-state index contributed by atoms with van der Waals surface area (Å²) in [6, 6.07) is 9.79. The molecule has 0 bridgehead atoms. The van der Waals surface area contributed by atoms with Gasteiger partial charge in [-0.2, -0.15) is 0 Å². The second-order valence-electron chi connectivity index (χ2n) is 5.97. The number of nitrogens with zero attached hydrogens (tertiary/aromatic N) is 1. The van der Waals surface area contributed by atoms with Crippen molar-refractivity contribution < 1.29 is 22.7 Å². The third-order valence-corrected chi connectivity index (χ3v) is 6.10. The van der Waals surface area contributed by atoms with Gasteiger partial charge in [-0.25, -0.2) is 17.5 Å². The lowest BCUT2D eigenvalue weighted by Crippen LogP contribution is -2.30. The molecule has 0 aliphatic heterocycles. The summed E-state index contributed by atoms with van der Waals surface area (Å²) in [6.45, 7) is 1.40. The second kappa shape index (κ2) is 8.91. The van der Waals surface area contributed by atoms with Gasteiger partial charge in [0, 0.05) is 19.1 Å². The van der Waals surface area contributed by atoms with Crippen LogP contribution < -0.4 is 5.32 Å². The standard InChI is InChI=1S/C18H18Cl2N2O5S/c1-11(17(23)21-16-10-13(19)6-9-15(16)20)27-18(24)12-4-7-14(8-5-12)28(25,26)22(2)3/h4-11H,1-3H3,(H,21,23)/t11-/m1/s1. The summed E-state index contributed by atoms with van der Waals surface area (Å²) in [5.41, 5.74) is 0.401. The van der Waals surface area contributed by atoms with Gasteiger partial charge in [0.2, 0.25) is 10.0 Å². The van der Waals surface area contributed by atoms with Crippen LogP contribution >= 0.6 is 23.2 Å². The van der Waals surface area contributed by atoms with Gasteiger partial charge >= 0.3 is 5.97 Å². The number of halogens is 2. The van der Waals surface area contributed by atoms with E-state index >= 15 is 0 Å². The number of hydrogen-bond donors (Lipinski definition) is 1. The Hall–Kier alpha value is -2.13. The average Bonchev–Trinajstić information content (AvgIpc) is 2.64. The van der Waals surface area contributed by atoms with Gasteiger partial charge in [0.1, 0.15) is 0 Å². The summed E-state index contributed by atoms with van der Waals surface area (Å²) in [7, 11) is -0.791. The van der Waals surface area contributed by atoms with Crippen molar-refractivity contribution in [1.82, 2.24) is 4.31 Å². The van der Waals surface area contributed by atoms with Crippen molar-refractivity contribution in [3.8, 4) is 0 Å². The van der Waals surface area contributed by atoms with Gasteiger partial charge in [-0.1, -0.05) is 23.2 Å². The highest BCUT2D eigenvalue weighted by atomic mass is 35.5. The van der Waals surface area contributed by atoms with Crippen LogP contribution in [0.5, 0.6) is 0 Å². The van der Waals surface area contributed by atoms with E-state index in [-0.39, 0.29) is 15.5 Å². The molecule has 0 unspecified atom stereocenters. The fraction of sp³-hybridized carbons (Fsp3) is 0.222. The molecular weight excluding hydrogens is 427 g/mol. The lowest BCUT2D eigenvalue weighted by molar-refractivity contribution is -0.123. The van der Waals surface area contributed by atoms with Crippen molar-refractivity contribution in [3.63, 3.8) is 0 Å². The van der Waals surface area contributed by atoms with Gasteiger partial charge < -0.3 is 10.1 Å². The molecule has 28 heavy (non-hydrogen) atoms. The van der Waals surface area contributed by atoms with E-state index in [0.29, 0.717) is 10.7 Å². The fourth-order valence-electron chi connectivity index (χ4n) is 2.08. The molecule has 7 nitrogen and oxygen atoms in total. The summed E-state index contributed by atoms with van der Waals surface area (Å²) in [4.78, 5) is 24.5. The Kier molecular flexibility index (Phi) is 7.06. The zero-order valence-electron chi connectivity index (χ0n) is 15.3. The highest BCUT2D eigenvalue weighted by Crippen LogP contribution is 2.25. The molecule has 1 atom stereocenters. The molecule has 1 amide bonds. The second-order valence-corrected chi connectivity index (χ2v) is 8.97. The van der Waals surface area contributed by atoms with Crippen LogP contribution in [0.15, 0.2) is 47.4 Å². The SMILES string of the molecule is C[C@@H](OC(=O)c1ccc(S(=O)(=O)N(C)C)cc1)C(=O)Nc1cc(Cl)ccc1Cl. The maximum Gasteiger partial charge on any atom is 0.338 e. The van der Waals surface area contributed by atoms with Crippen LogP contribution in [0, 0.1) is 0 Å². The van der Waals surface area contributed by atoms with E-state index in [2.05, 4.69) is 5.32 Å². The van der Waals surface area contributed by atoms with Gasteiger partial charge in [0.25, 0.3) is 5.91 Å². The van der Waals surface area contributed by atoms with Crippen LogP contribution in [0.2, 0.25) is 10.0 Å². The Bertz CT molecular complexity index is 992. The molecule has 0 aliphatic rings. The van der Waals surface area contributed by atoms with Crippen LogP contribution in [-0.4, -0.2) is 44.8 Å². The smallest absolute Gasteiger partial charge is 0.338 e. The van der Waals surface area contributed by atoms with E-state index in [0.717, 1.165) is 4.31 Å². The molecule has 1 N–H and O–H groups in total. The summed E-state index contributed by atoms with van der Waals surface area (Å²) in [6.07, 6.45) is -1.12. The number of benzene rings is 2. The maximum absolute atomic E-state index is 12.2. The molecule has 0 saturated heterocycles. The molecule has 0 aromatic heterocycles. The highest BCUT2D eigenvalue weighted by molar-refractivity contribution is 7.89. The van der Waals surface area contributed by atoms with Gasteiger partial charge in [-0.05, 0) is 49.4 Å². The quantitative estimate of drug-likeness (QED) is 0.688. The van der Waals surface area contributed by atoms with E-state index in [1.807, 2.05) is 0 Å². The Morgan fingerprint density at radius 1 is 1.07 bits per heavy atom. The van der Waals surface area contributed by atoms with Gasteiger partial charge in [0.15, 0.2) is 6.10 Å². The van der Waals surface area contributed by atoms with Gasteiger partial charge in [-0.3, -0.25) is 4.79 Å². The van der Waals surface area contributed by atoms with Crippen LogP contribution in [0.4, 0.5) is 5.69 Å². The third-order valence-electron chi connectivity index (χ3n) is 3.71. The minimum atomic E-state index is -3.60. The molecule has 150 valence electrons. The first-order chi connectivity index (χ1) is 13.0. The van der Waals surface area contributed by atoms with Crippen molar-refractivity contribution in [3.05, 3.63) is 58.1 Å². The van der Waals surface area contributed by atoms with Crippen LogP contribution in [-0.2, 0) is 19.6 Å². The summed E-state index contributed by atoms with van der Waals surface area (Å²) < 4.78 is 30.3. The first-order valence-electron chi connectivity index (χ1n) is 8.02. The summed E-state index contributed by atoms with van der Waals surface area (Å²) >= 11 is 11.9. The number of esters is 1. The normalized spacial score (nSPS) is 12.5. The number of nitrogens with one attached hydrogen (secondary N) is 1. The molecule has 2 aromatic carbocycles. The number of anilines is 1. The number of carbonyl (C=O) groups excluding carboxylic acids is 2. The molecule has 10 heteroatoms. The van der Waals surface area contributed by atoms with Crippen molar-refractivity contribution in [2.24, 2.45) is 0 Å². The van der Waals surface area contributed by atoms with Crippen molar-refractivity contribution in [1.29, 1.82) is 0 Å². The maximum atomic E-state index is 12.2. The number of amides is 1. The predicted octanol–water partition coefficient (Wildman–Crippen LogP) is 3.43. The largest absolute Gasteiger partial charge is 0.449 e. The molecular formula is C18H18Cl2N2O5S. The van der Waals surface area contributed by atoms with E-state index in [9.17, 15) is 18.0 Å². The number of rotatable bonds is 6. The van der Waals surface area contributed by atoms with Crippen molar-refractivity contribution >= 4 is 50.8 Å². The zero-order valence-corrected chi connectivity index (χ0v) is 17.6. The van der Waals surface area contributed by atoms with Crippen molar-refractivity contribution in [2.45, 2.75) is 17.9 Å². The highest BCUT2D eigenvalue weighted by Gasteiger charge is 2.21. The number of ether oxygens (including phenoxy) is 1. The molecule has 0 aliphatic carbocycles. The molecule has 0 heterocycles. The monoisotopic (exact) mass is 444 g/mol. The molecule has 0 fully saturated rings. The Balaban J connectivity index is 2.05. The minimum Gasteiger partial charge on any atom is -0.449 e. The molecule has 0 saturated carbocycles. The summed E-state index contributed by atoms with van der Waals surface area (Å²) in [5.74, 6) is -1.36. The van der Waals surface area contributed by atoms with E-state index in [1.54, 1.807) is 6.07 Å². The predicted molar refractivity (Wildman–Crippen MR) is 107 cm³/mol. The number of sulfonamides is 1. The zero-order chi connectivity index (χ0) is 21.1. The lowest BCUT2D eigenvalue weighted by Gasteiger charge is -2.15. The van der Waals surface area contributed by atoms with Crippen molar-refractivity contribution in [2.75, 3.05) is 19.4 Å².